The molecule has 3 N–H and O–H groups in total. The van der Waals surface area contributed by atoms with Gasteiger partial charge >= 0.3 is 0 Å². The summed E-state index contributed by atoms with van der Waals surface area (Å²) < 4.78 is 10.9. The van der Waals surface area contributed by atoms with Gasteiger partial charge in [0.05, 0.1) is 6.61 Å². The first-order chi connectivity index (χ1) is 9.17. The molecule has 6 heteroatoms. The maximum absolute atomic E-state index is 11.6. The molecule has 1 aromatic carbocycles. The molecule has 0 aliphatic rings. The van der Waals surface area contributed by atoms with E-state index in [0.717, 1.165) is 0 Å². The molecule has 1 aromatic rings. The van der Waals surface area contributed by atoms with Crippen molar-refractivity contribution in [1.82, 2.24) is 5.32 Å². The van der Waals surface area contributed by atoms with Crippen LogP contribution in [0.15, 0.2) is 24.3 Å². The molecule has 0 saturated carbocycles. The van der Waals surface area contributed by atoms with Crippen LogP contribution in [0.3, 0.4) is 0 Å². The van der Waals surface area contributed by atoms with E-state index in [4.69, 9.17) is 15.2 Å². The predicted octanol–water partition coefficient (Wildman–Crippen LogP) is 1.60. The monoisotopic (exact) mass is 302 g/mol. The molecular weight excluding hydrogens is 280 g/mol. The molecule has 0 spiro atoms. The van der Waals surface area contributed by atoms with Crippen molar-refractivity contribution in [3.8, 4) is 11.5 Å². The number of nitrogens with one attached hydrogen (secondary N) is 1. The standard InChI is InChI=1S/C14H22N2O3.ClH/c1-3-18-12-6-4-5-7-13(12)19-10-14(17)16-9-11(2)8-15;/h4-7,11H,3,8-10,15H2,1-2H3,(H,16,17);1H. The zero-order valence-corrected chi connectivity index (χ0v) is 12.7. The minimum Gasteiger partial charge on any atom is -0.490 e. The average molecular weight is 303 g/mol. The van der Waals surface area contributed by atoms with Gasteiger partial charge in [0.25, 0.3) is 5.91 Å². The largest absolute Gasteiger partial charge is 0.490 e. The van der Waals surface area contributed by atoms with Gasteiger partial charge in [0.1, 0.15) is 0 Å². The smallest absolute Gasteiger partial charge is 0.257 e. The molecule has 1 atom stereocenters. The van der Waals surface area contributed by atoms with Crippen LogP contribution in [0.4, 0.5) is 0 Å². The van der Waals surface area contributed by atoms with E-state index in [1.807, 2.05) is 32.0 Å². The Kier molecular flexibility index (Phi) is 9.59. The number of ether oxygens (including phenoxy) is 2. The first-order valence-corrected chi connectivity index (χ1v) is 6.48. The summed E-state index contributed by atoms with van der Waals surface area (Å²) in [5, 5.41) is 2.77. The Hall–Kier alpha value is -1.46. The molecule has 0 fully saturated rings. The zero-order chi connectivity index (χ0) is 14.1. The molecule has 20 heavy (non-hydrogen) atoms. The number of para-hydroxylation sites is 2. The molecule has 0 heterocycles. The Morgan fingerprint density at radius 2 is 1.90 bits per heavy atom. The first-order valence-electron chi connectivity index (χ1n) is 6.48. The predicted molar refractivity (Wildman–Crippen MR) is 81.6 cm³/mol. The molecule has 0 bridgehead atoms. The van der Waals surface area contributed by atoms with Crippen LogP contribution in [-0.2, 0) is 4.79 Å². The summed E-state index contributed by atoms with van der Waals surface area (Å²) in [6.45, 7) is 5.52. The number of nitrogens with two attached hydrogens (primary N) is 1. The van der Waals surface area contributed by atoms with Crippen molar-refractivity contribution >= 4 is 18.3 Å². The van der Waals surface area contributed by atoms with Crippen molar-refractivity contribution < 1.29 is 14.3 Å². The van der Waals surface area contributed by atoms with E-state index in [1.54, 1.807) is 6.07 Å². The zero-order valence-electron chi connectivity index (χ0n) is 11.9. The van der Waals surface area contributed by atoms with Crippen LogP contribution in [0.5, 0.6) is 11.5 Å². The van der Waals surface area contributed by atoms with Gasteiger partial charge in [-0.3, -0.25) is 4.79 Å². The number of amides is 1. The number of carbonyl (C=O) groups is 1. The van der Waals surface area contributed by atoms with Gasteiger partial charge in [0.2, 0.25) is 0 Å². The van der Waals surface area contributed by atoms with Gasteiger partial charge in [-0.1, -0.05) is 19.1 Å². The van der Waals surface area contributed by atoms with E-state index in [2.05, 4.69) is 5.32 Å². The lowest BCUT2D eigenvalue weighted by atomic mass is 10.2. The Morgan fingerprint density at radius 1 is 1.30 bits per heavy atom. The van der Waals surface area contributed by atoms with Gasteiger partial charge in [-0.25, -0.2) is 0 Å². The van der Waals surface area contributed by atoms with Crippen molar-refractivity contribution in [2.75, 3.05) is 26.3 Å². The van der Waals surface area contributed by atoms with Crippen LogP contribution in [-0.4, -0.2) is 32.2 Å². The minimum atomic E-state index is -0.161. The van der Waals surface area contributed by atoms with Gasteiger partial charge in [-0.15, -0.1) is 12.4 Å². The maximum atomic E-state index is 11.6. The molecular formula is C14H23ClN2O3. The molecule has 0 aliphatic carbocycles. The van der Waals surface area contributed by atoms with Crippen molar-refractivity contribution in [3.63, 3.8) is 0 Å². The summed E-state index contributed by atoms with van der Waals surface area (Å²) >= 11 is 0. The number of hydrogen-bond acceptors (Lipinski definition) is 4. The summed E-state index contributed by atoms with van der Waals surface area (Å²) in [6.07, 6.45) is 0. The Morgan fingerprint density at radius 3 is 2.45 bits per heavy atom. The quantitative estimate of drug-likeness (QED) is 0.765. The molecule has 1 amide bonds. The van der Waals surface area contributed by atoms with E-state index < -0.39 is 0 Å². The van der Waals surface area contributed by atoms with Gasteiger partial charge < -0.3 is 20.5 Å². The van der Waals surface area contributed by atoms with Crippen molar-refractivity contribution in [3.05, 3.63) is 24.3 Å². The van der Waals surface area contributed by atoms with Gasteiger partial charge in [0.15, 0.2) is 18.1 Å². The molecule has 0 radical (unpaired) electrons. The highest BCUT2D eigenvalue weighted by Crippen LogP contribution is 2.26. The summed E-state index contributed by atoms with van der Waals surface area (Å²) in [5.41, 5.74) is 5.48. The number of rotatable bonds is 8. The fraction of sp³-hybridized carbons (Fsp3) is 0.500. The Bertz CT molecular complexity index is 402. The van der Waals surface area contributed by atoms with Crippen molar-refractivity contribution in [2.45, 2.75) is 13.8 Å². The highest BCUT2D eigenvalue weighted by atomic mass is 35.5. The molecule has 114 valence electrons. The normalized spacial score (nSPS) is 11.2. The molecule has 1 unspecified atom stereocenters. The van der Waals surface area contributed by atoms with Crippen LogP contribution in [0.1, 0.15) is 13.8 Å². The van der Waals surface area contributed by atoms with E-state index >= 15 is 0 Å². The number of halogens is 1. The molecule has 0 saturated heterocycles. The lowest BCUT2D eigenvalue weighted by Crippen LogP contribution is -2.34. The van der Waals surface area contributed by atoms with E-state index in [1.165, 1.54) is 0 Å². The van der Waals surface area contributed by atoms with Gasteiger partial charge in [0, 0.05) is 6.54 Å². The van der Waals surface area contributed by atoms with Gasteiger partial charge in [-0.05, 0) is 31.5 Å². The van der Waals surface area contributed by atoms with E-state index in [9.17, 15) is 4.79 Å². The second kappa shape index (κ2) is 10.3. The van der Waals surface area contributed by atoms with Crippen LogP contribution < -0.4 is 20.5 Å². The highest BCUT2D eigenvalue weighted by molar-refractivity contribution is 5.85. The Labute approximate surface area is 126 Å². The van der Waals surface area contributed by atoms with Crippen LogP contribution >= 0.6 is 12.4 Å². The summed E-state index contributed by atoms with van der Waals surface area (Å²) in [7, 11) is 0. The lowest BCUT2D eigenvalue weighted by Gasteiger charge is -2.13. The molecule has 0 aromatic heterocycles. The summed E-state index contributed by atoms with van der Waals surface area (Å²) in [5.74, 6) is 1.32. The van der Waals surface area contributed by atoms with Crippen LogP contribution in [0.2, 0.25) is 0 Å². The third-order valence-electron chi connectivity index (χ3n) is 2.56. The first kappa shape index (κ1) is 18.5. The topological polar surface area (TPSA) is 73.6 Å². The third-order valence-corrected chi connectivity index (χ3v) is 2.56. The molecule has 1 rings (SSSR count). The minimum absolute atomic E-state index is 0. The van der Waals surface area contributed by atoms with Crippen LogP contribution in [0.25, 0.3) is 0 Å². The Balaban J connectivity index is 0.00000361. The average Bonchev–Trinajstić information content (AvgIpc) is 2.44. The third kappa shape index (κ3) is 6.63. The number of benzene rings is 1. The van der Waals surface area contributed by atoms with Crippen molar-refractivity contribution in [1.29, 1.82) is 0 Å². The van der Waals surface area contributed by atoms with Crippen LogP contribution in [0, 0.1) is 5.92 Å². The number of carbonyl (C=O) groups excluding carboxylic acids is 1. The second-order valence-electron chi connectivity index (χ2n) is 4.31. The van der Waals surface area contributed by atoms with E-state index in [0.29, 0.717) is 31.2 Å². The maximum Gasteiger partial charge on any atom is 0.257 e. The lowest BCUT2D eigenvalue weighted by molar-refractivity contribution is -0.123. The van der Waals surface area contributed by atoms with E-state index in [-0.39, 0.29) is 30.8 Å². The molecule has 0 aliphatic heterocycles. The summed E-state index contributed by atoms with van der Waals surface area (Å²) in [6, 6.07) is 7.29. The SMILES string of the molecule is CCOc1ccccc1OCC(=O)NCC(C)CN.Cl. The fourth-order valence-electron chi connectivity index (χ4n) is 1.41. The number of hydrogen-bond donors (Lipinski definition) is 2. The highest BCUT2D eigenvalue weighted by Gasteiger charge is 2.08. The fourth-order valence-corrected chi connectivity index (χ4v) is 1.41. The molecule has 5 nitrogen and oxygen atoms in total. The van der Waals surface area contributed by atoms with Gasteiger partial charge in [-0.2, -0.15) is 0 Å². The summed E-state index contributed by atoms with van der Waals surface area (Å²) in [4.78, 5) is 11.6. The van der Waals surface area contributed by atoms with Crippen molar-refractivity contribution in [2.24, 2.45) is 11.7 Å². The second-order valence-corrected chi connectivity index (χ2v) is 4.31.